The second-order valence-electron chi connectivity index (χ2n) is 8.39. The molecule has 3 N–H and O–H groups in total. The molecule has 1 aliphatic heterocycles. The Balaban J connectivity index is 1.34. The molecule has 0 radical (unpaired) electrons. The van der Waals surface area contributed by atoms with Crippen molar-refractivity contribution in [1.29, 1.82) is 0 Å². The van der Waals surface area contributed by atoms with Crippen LogP contribution in [-0.2, 0) is 4.79 Å². The normalized spacial score (nSPS) is 16.9. The number of benzene rings is 2. The first-order valence-electron chi connectivity index (χ1n) is 11.3. The zero-order valence-corrected chi connectivity index (χ0v) is 18.5. The van der Waals surface area contributed by atoms with Crippen LogP contribution >= 0.6 is 0 Å². The molecule has 0 saturated carbocycles. The minimum atomic E-state index is 0.01000. The molecule has 5 rings (SSSR count). The standard InChI is InChI=1S/C25H27N7O/c1-17(18-6-3-2-4-7-18)29-23-14-27-15-24(31-23)32-16-28-21-12-20(9-10-22(21)32)30-25(33)19-8-5-11-26-13-19/h2-4,6-7,9-10,12,14-17,19,26H,5,8,11,13H2,1H3,(H,29,31)(H,30,33)/t17-,19?/m0/s1. The molecule has 8 nitrogen and oxygen atoms in total. The molecule has 3 heterocycles. The Bertz CT molecular complexity index is 1250. The Kier molecular flexibility index (Phi) is 5.99. The van der Waals surface area contributed by atoms with Gasteiger partial charge in [-0.1, -0.05) is 30.3 Å². The van der Waals surface area contributed by atoms with Gasteiger partial charge in [-0.25, -0.2) is 9.97 Å². The van der Waals surface area contributed by atoms with Crippen molar-refractivity contribution in [3.63, 3.8) is 0 Å². The van der Waals surface area contributed by atoms with Gasteiger partial charge in [-0.2, -0.15) is 0 Å². The van der Waals surface area contributed by atoms with Crippen LogP contribution in [0.1, 0.15) is 31.4 Å². The number of amides is 1. The summed E-state index contributed by atoms with van der Waals surface area (Å²) in [7, 11) is 0. The molecule has 0 aliphatic carbocycles. The number of fused-ring (bicyclic) bond motifs is 1. The highest BCUT2D eigenvalue weighted by atomic mass is 16.1. The first kappa shape index (κ1) is 21.1. The summed E-state index contributed by atoms with van der Waals surface area (Å²) in [4.78, 5) is 26.2. The van der Waals surface area contributed by atoms with Crippen LogP contribution in [0.3, 0.4) is 0 Å². The Morgan fingerprint density at radius 3 is 2.88 bits per heavy atom. The third-order valence-corrected chi connectivity index (χ3v) is 6.02. The molecule has 168 valence electrons. The Morgan fingerprint density at radius 2 is 2.06 bits per heavy atom. The van der Waals surface area contributed by atoms with E-state index in [2.05, 4.69) is 45.0 Å². The number of carbonyl (C=O) groups excluding carboxylic acids is 1. The lowest BCUT2D eigenvalue weighted by atomic mass is 9.99. The Morgan fingerprint density at radius 1 is 1.18 bits per heavy atom. The summed E-state index contributed by atoms with van der Waals surface area (Å²) in [5.41, 5.74) is 3.61. The number of nitrogens with one attached hydrogen (secondary N) is 3. The van der Waals surface area contributed by atoms with Crippen molar-refractivity contribution in [2.45, 2.75) is 25.8 Å². The fourth-order valence-corrected chi connectivity index (χ4v) is 4.18. The van der Waals surface area contributed by atoms with Crippen LogP contribution in [0.4, 0.5) is 11.5 Å². The number of aromatic nitrogens is 4. The van der Waals surface area contributed by atoms with Gasteiger partial charge < -0.3 is 16.0 Å². The summed E-state index contributed by atoms with van der Waals surface area (Å²) < 4.78 is 1.90. The predicted molar refractivity (Wildman–Crippen MR) is 129 cm³/mol. The average Bonchev–Trinajstić information content (AvgIpc) is 3.28. The molecular formula is C25H27N7O. The second-order valence-corrected chi connectivity index (χ2v) is 8.39. The van der Waals surface area contributed by atoms with Gasteiger partial charge in [0.05, 0.1) is 29.3 Å². The van der Waals surface area contributed by atoms with E-state index in [1.807, 2.05) is 41.0 Å². The zero-order valence-electron chi connectivity index (χ0n) is 18.5. The van der Waals surface area contributed by atoms with Gasteiger partial charge in [0.15, 0.2) is 5.82 Å². The molecule has 0 bridgehead atoms. The highest BCUT2D eigenvalue weighted by Crippen LogP contribution is 2.23. The van der Waals surface area contributed by atoms with E-state index in [0.717, 1.165) is 42.7 Å². The zero-order chi connectivity index (χ0) is 22.6. The maximum atomic E-state index is 12.6. The fraction of sp³-hybridized carbons (Fsp3) is 0.280. The van der Waals surface area contributed by atoms with E-state index in [-0.39, 0.29) is 17.9 Å². The molecule has 2 aromatic heterocycles. The van der Waals surface area contributed by atoms with Crippen LogP contribution in [0.25, 0.3) is 16.9 Å². The monoisotopic (exact) mass is 441 g/mol. The molecule has 1 fully saturated rings. The number of nitrogens with zero attached hydrogens (tertiary/aromatic N) is 4. The van der Waals surface area contributed by atoms with Crippen molar-refractivity contribution < 1.29 is 4.79 Å². The number of piperidine rings is 1. The predicted octanol–water partition coefficient (Wildman–Crippen LogP) is 3.93. The van der Waals surface area contributed by atoms with Crippen LogP contribution in [-0.4, -0.2) is 38.5 Å². The minimum absolute atomic E-state index is 0.01000. The Hall–Kier alpha value is -3.78. The van der Waals surface area contributed by atoms with Crippen molar-refractivity contribution in [2.75, 3.05) is 23.7 Å². The van der Waals surface area contributed by atoms with E-state index in [9.17, 15) is 4.79 Å². The minimum Gasteiger partial charge on any atom is -0.362 e. The summed E-state index contributed by atoms with van der Waals surface area (Å²) in [5, 5.41) is 9.73. The second kappa shape index (κ2) is 9.38. The summed E-state index contributed by atoms with van der Waals surface area (Å²) in [6, 6.07) is 16.1. The smallest absolute Gasteiger partial charge is 0.228 e. The van der Waals surface area contributed by atoms with E-state index >= 15 is 0 Å². The van der Waals surface area contributed by atoms with Crippen molar-refractivity contribution in [3.05, 3.63) is 72.8 Å². The van der Waals surface area contributed by atoms with Gasteiger partial charge in [0.25, 0.3) is 0 Å². The molecule has 1 saturated heterocycles. The lowest BCUT2D eigenvalue weighted by molar-refractivity contribution is -0.120. The summed E-state index contributed by atoms with van der Waals surface area (Å²) in [6.07, 6.45) is 7.11. The van der Waals surface area contributed by atoms with Crippen LogP contribution < -0.4 is 16.0 Å². The third-order valence-electron chi connectivity index (χ3n) is 6.02. The quantitative estimate of drug-likeness (QED) is 0.420. The van der Waals surface area contributed by atoms with E-state index in [0.29, 0.717) is 11.6 Å². The molecule has 2 aromatic carbocycles. The number of hydrogen-bond acceptors (Lipinski definition) is 6. The molecule has 1 amide bonds. The van der Waals surface area contributed by atoms with E-state index in [4.69, 9.17) is 4.98 Å². The molecule has 4 aromatic rings. The molecule has 0 spiro atoms. The van der Waals surface area contributed by atoms with Crippen molar-refractivity contribution in [3.8, 4) is 5.82 Å². The first-order chi connectivity index (χ1) is 16.2. The number of carbonyl (C=O) groups is 1. The number of anilines is 2. The van der Waals surface area contributed by atoms with Gasteiger partial charge in [-0.3, -0.25) is 14.3 Å². The van der Waals surface area contributed by atoms with Crippen molar-refractivity contribution >= 4 is 28.4 Å². The van der Waals surface area contributed by atoms with Crippen LogP contribution in [0.2, 0.25) is 0 Å². The Labute approximate surface area is 192 Å². The number of rotatable bonds is 6. The van der Waals surface area contributed by atoms with E-state index < -0.39 is 0 Å². The van der Waals surface area contributed by atoms with E-state index in [1.165, 1.54) is 5.56 Å². The maximum absolute atomic E-state index is 12.6. The summed E-state index contributed by atoms with van der Waals surface area (Å²) in [5.74, 6) is 1.43. The summed E-state index contributed by atoms with van der Waals surface area (Å²) in [6.45, 7) is 3.81. The van der Waals surface area contributed by atoms with Crippen LogP contribution in [0, 0.1) is 5.92 Å². The van der Waals surface area contributed by atoms with Crippen molar-refractivity contribution in [2.24, 2.45) is 5.92 Å². The first-order valence-corrected chi connectivity index (χ1v) is 11.3. The van der Waals surface area contributed by atoms with Crippen LogP contribution in [0.15, 0.2) is 67.3 Å². The van der Waals surface area contributed by atoms with Crippen molar-refractivity contribution in [1.82, 2.24) is 24.8 Å². The topological polar surface area (TPSA) is 96.8 Å². The average molecular weight is 442 g/mol. The van der Waals surface area contributed by atoms with Gasteiger partial charge >= 0.3 is 0 Å². The van der Waals surface area contributed by atoms with Gasteiger partial charge in [-0.05, 0) is 50.1 Å². The lowest BCUT2D eigenvalue weighted by Crippen LogP contribution is -2.37. The highest BCUT2D eigenvalue weighted by Gasteiger charge is 2.21. The van der Waals surface area contributed by atoms with Gasteiger partial charge in [0.2, 0.25) is 5.91 Å². The largest absolute Gasteiger partial charge is 0.362 e. The molecule has 1 aliphatic rings. The SMILES string of the molecule is C[C@H](Nc1cncc(-n2cnc3cc(NC(=O)C4CCCNC4)ccc32)n1)c1ccccc1. The molecule has 1 unspecified atom stereocenters. The molecular weight excluding hydrogens is 414 g/mol. The number of hydrogen-bond donors (Lipinski definition) is 3. The maximum Gasteiger partial charge on any atom is 0.228 e. The third kappa shape index (κ3) is 4.70. The van der Waals surface area contributed by atoms with Gasteiger partial charge in [0, 0.05) is 18.3 Å². The van der Waals surface area contributed by atoms with Crippen LogP contribution in [0.5, 0.6) is 0 Å². The molecule has 33 heavy (non-hydrogen) atoms. The van der Waals surface area contributed by atoms with Gasteiger partial charge in [-0.15, -0.1) is 0 Å². The fourth-order valence-electron chi connectivity index (χ4n) is 4.18. The lowest BCUT2D eigenvalue weighted by Gasteiger charge is -2.21. The summed E-state index contributed by atoms with van der Waals surface area (Å²) >= 11 is 0. The highest BCUT2D eigenvalue weighted by molar-refractivity contribution is 5.94. The van der Waals surface area contributed by atoms with Gasteiger partial charge in [0.1, 0.15) is 12.1 Å². The molecule has 2 atom stereocenters. The van der Waals surface area contributed by atoms with E-state index in [1.54, 1.807) is 18.7 Å². The molecule has 8 heteroatoms. The number of imidazole rings is 1.